The van der Waals surface area contributed by atoms with Crippen LogP contribution in [-0.2, 0) is 11.2 Å². The number of hydrogen-bond donors (Lipinski definition) is 1. The SMILES string of the molecule is COc1ccc(C(NC(=O)Cc2csc3nc(-c4ccccc4)cn23)c2ccccc2)cc1. The zero-order valence-electron chi connectivity index (χ0n) is 18.1. The van der Waals surface area contributed by atoms with E-state index in [4.69, 9.17) is 9.72 Å². The quantitative estimate of drug-likeness (QED) is 0.353. The van der Waals surface area contributed by atoms with Crippen LogP contribution in [0.2, 0.25) is 0 Å². The highest BCUT2D eigenvalue weighted by molar-refractivity contribution is 7.15. The summed E-state index contributed by atoms with van der Waals surface area (Å²) in [5, 5.41) is 5.22. The number of ether oxygens (including phenoxy) is 1. The number of aromatic nitrogens is 2. The molecule has 2 aromatic heterocycles. The number of nitrogens with one attached hydrogen (secondary N) is 1. The summed E-state index contributed by atoms with van der Waals surface area (Å²) in [6.45, 7) is 0. The molecule has 0 radical (unpaired) electrons. The fraction of sp³-hybridized carbons (Fsp3) is 0.111. The molecule has 5 nitrogen and oxygen atoms in total. The van der Waals surface area contributed by atoms with Gasteiger partial charge >= 0.3 is 0 Å². The van der Waals surface area contributed by atoms with Crippen molar-refractivity contribution in [2.75, 3.05) is 7.11 Å². The molecule has 5 aromatic rings. The maximum atomic E-state index is 13.1. The molecule has 0 spiro atoms. The van der Waals surface area contributed by atoms with Crippen LogP contribution in [0.5, 0.6) is 5.75 Å². The molecule has 0 aliphatic carbocycles. The maximum Gasteiger partial charge on any atom is 0.226 e. The van der Waals surface area contributed by atoms with Crippen molar-refractivity contribution in [3.63, 3.8) is 0 Å². The Labute approximate surface area is 196 Å². The van der Waals surface area contributed by atoms with Gasteiger partial charge in [-0.05, 0) is 23.3 Å². The number of nitrogens with zero attached hydrogens (tertiary/aromatic N) is 2. The van der Waals surface area contributed by atoms with E-state index in [9.17, 15) is 4.79 Å². The van der Waals surface area contributed by atoms with Crippen LogP contribution in [0.4, 0.5) is 0 Å². The monoisotopic (exact) mass is 453 g/mol. The molecule has 1 atom stereocenters. The van der Waals surface area contributed by atoms with Gasteiger partial charge in [0.25, 0.3) is 0 Å². The lowest BCUT2D eigenvalue weighted by Gasteiger charge is -2.20. The Kier molecular flexibility index (Phi) is 5.91. The van der Waals surface area contributed by atoms with Gasteiger partial charge in [-0.15, -0.1) is 11.3 Å². The minimum absolute atomic E-state index is 0.0469. The Morgan fingerprint density at radius 3 is 2.33 bits per heavy atom. The molecule has 0 bridgehead atoms. The van der Waals surface area contributed by atoms with Crippen molar-refractivity contribution < 1.29 is 9.53 Å². The Bertz CT molecular complexity index is 1360. The van der Waals surface area contributed by atoms with Crippen LogP contribution >= 0.6 is 11.3 Å². The predicted molar refractivity (Wildman–Crippen MR) is 132 cm³/mol. The van der Waals surface area contributed by atoms with E-state index < -0.39 is 0 Å². The van der Waals surface area contributed by atoms with Crippen molar-refractivity contribution in [1.29, 1.82) is 0 Å². The number of methoxy groups -OCH3 is 1. The topological polar surface area (TPSA) is 55.6 Å². The fourth-order valence-corrected chi connectivity index (χ4v) is 4.75. The zero-order chi connectivity index (χ0) is 22.6. The Hall–Kier alpha value is -3.90. The highest BCUT2D eigenvalue weighted by atomic mass is 32.1. The Balaban J connectivity index is 1.39. The molecular weight excluding hydrogens is 430 g/mol. The van der Waals surface area contributed by atoms with E-state index in [1.165, 1.54) is 0 Å². The molecule has 0 saturated heterocycles. The first-order chi connectivity index (χ1) is 16.2. The molecule has 164 valence electrons. The van der Waals surface area contributed by atoms with Crippen molar-refractivity contribution in [3.8, 4) is 17.0 Å². The van der Waals surface area contributed by atoms with Gasteiger partial charge in [-0.3, -0.25) is 9.20 Å². The third kappa shape index (κ3) is 4.52. The molecule has 1 N–H and O–H groups in total. The molecule has 0 saturated carbocycles. The van der Waals surface area contributed by atoms with E-state index in [0.717, 1.165) is 38.8 Å². The highest BCUT2D eigenvalue weighted by Gasteiger charge is 2.19. The van der Waals surface area contributed by atoms with Crippen LogP contribution in [0.3, 0.4) is 0 Å². The molecule has 0 aliphatic rings. The number of imidazole rings is 1. The number of thiazole rings is 1. The summed E-state index contributed by atoms with van der Waals surface area (Å²) in [6.07, 6.45) is 2.27. The number of amides is 1. The summed E-state index contributed by atoms with van der Waals surface area (Å²) < 4.78 is 7.30. The van der Waals surface area contributed by atoms with E-state index in [1.807, 2.05) is 101 Å². The van der Waals surface area contributed by atoms with Crippen molar-refractivity contribution in [3.05, 3.63) is 113 Å². The third-order valence-corrected chi connectivity index (χ3v) is 6.47. The molecule has 6 heteroatoms. The Morgan fingerprint density at radius 1 is 0.970 bits per heavy atom. The van der Waals surface area contributed by atoms with Gasteiger partial charge in [0.15, 0.2) is 4.96 Å². The summed E-state index contributed by atoms with van der Waals surface area (Å²) in [7, 11) is 1.65. The summed E-state index contributed by atoms with van der Waals surface area (Å²) in [6, 6.07) is 27.6. The first kappa shape index (κ1) is 21.0. The lowest BCUT2D eigenvalue weighted by molar-refractivity contribution is -0.121. The zero-order valence-corrected chi connectivity index (χ0v) is 19.0. The summed E-state index contributed by atoms with van der Waals surface area (Å²) >= 11 is 1.55. The molecule has 1 amide bonds. The van der Waals surface area contributed by atoms with Crippen molar-refractivity contribution in [2.45, 2.75) is 12.5 Å². The minimum atomic E-state index is -0.249. The van der Waals surface area contributed by atoms with Gasteiger partial charge in [-0.1, -0.05) is 72.8 Å². The van der Waals surface area contributed by atoms with Crippen LogP contribution < -0.4 is 10.1 Å². The summed E-state index contributed by atoms with van der Waals surface area (Å²) in [5.74, 6) is 0.737. The lowest BCUT2D eigenvalue weighted by Crippen LogP contribution is -2.30. The average Bonchev–Trinajstić information content (AvgIpc) is 3.46. The van der Waals surface area contributed by atoms with Gasteiger partial charge in [0.2, 0.25) is 5.91 Å². The van der Waals surface area contributed by atoms with Crippen molar-refractivity contribution in [2.24, 2.45) is 0 Å². The first-order valence-corrected chi connectivity index (χ1v) is 11.6. The second-order valence-electron chi connectivity index (χ2n) is 7.73. The third-order valence-electron chi connectivity index (χ3n) is 5.58. The smallest absolute Gasteiger partial charge is 0.226 e. The number of carbonyl (C=O) groups excluding carboxylic acids is 1. The fourth-order valence-electron chi connectivity index (χ4n) is 3.88. The second kappa shape index (κ2) is 9.30. The minimum Gasteiger partial charge on any atom is -0.497 e. The van der Waals surface area contributed by atoms with Gasteiger partial charge < -0.3 is 10.1 Å². The van der Waals surface area contributed by atoms with Gasteiger partial charge in [0.05, 0.1) is 25.3 Å². The van der Waals surface area contributed by atoms with Crippen LogP contribution in [0.25, 0.3) is 16.2 Å². The van der Waals surface area contributed by atoms with E-state index in [0.29, 0.717) is 0 Å². The molecule has 3 aromatic carbocycles. The summed E-state index contributed by atoms with van der Waals surface area (Å²) in [4.78, 5) is 18.7. The molecule has 2 heterocycles. The number of rotatable bonds is 7. The molecule has 0 fully saturated rings. The van der Waals surface area contributed by atoms with E-state index in [-0.39, 0.29) is 18.4 Å². The molecule has 0 aliphatic heterocycles. The van der Waals surface area contributed by atoms with Gasteiger partial charge in [0.1, 0.15) is 5.75 Å². The van der Waals surface area contributed by atoms with Crippen LogP contribution in [0, 0.1) is 0 Å². The van der Waals surface area contributed by atoms with Crippen molar-refractivity contribution in [1.82, 2.24) is 14.7 Å². The molecule has 1 unspecified atom stereocenters. The number of fused-ring (bicyclic) bond motifs is 1. The van der Waals surface area contributed by atoms with Gasteiger partial charge in [-0.2, -0.15) is 0 Å². The Morgan fingerprint density at radius 2 is 1.64 bits per heavy atom. The van der Waals surface area contributed by atoms with Crippen LogP contribution in [-0.4, -0.2) is 22.4 Å². The van der Waals surface area contributed by atoms with Gasteiger partial charge in [-0.25, -0.2) is 4.98 Å². The van der Waals surface area contributed by atoms with Crippen LogP contribution in [0.15, 0.2) is 96.5 Å². The predicted octanol–water partition coefficient (Wildman–Crippen LogP) is 5.52. The van der Waals surface area contributed by atoms with E-state index >= 15 is 0 Å². The number of hydrogen-bond acceptors (Lipinski definition) is 4. The maximum absolute atomic E-state index is 13.1. The standard InChI is InChI=1S/C27H23N3O2S/c1-32-23-14-12-21(13-15-23)26(20-10-6-3-7-11-20)29-25(31)16-22-18-33-27-28-24(17-30(22)27)19-8-4-2-5-9-19/h2-15,17-18,26H,16H2,1H3,(H,29,31). The molecule has 5 rings (SSSR count). The van der Waals surface area contributed by atoms with E-state index in [1.54, 1.807) is 18.4 Å². The summed E-state index contributed by atoms with van der Waals surface area (Å²) in [5.41, 5.74) is 4.92. The number of carbonyl (C=O) groups is 1. The normalized spacial score (nSPS) is 11.9. The second-order valence-corrected chi connectivity index (χ2v) is 8.57. The van der Waals surface area contributed by atoms with Crippen LogP contribution in [0.1, 0.15) is 22.9 Å². The van der Waals surface area contributed by atoms with Crippen molar-refractivity contribution >= 4 is 22.2 Å². The molecular formula is C27H23N3O2S. The van der Waals surface area contributed by atoms with E-state index in [2.05, 4.69) is 5.32 Å². The largest absolute Gasteiger partial charge is 0.497 e. The first-order valence-electron chi connectivity index (χ1n) is 10.7. The highest BCUT2D eigenvalue weighted by Crippen LogP contribution is 2.26. The average molecular weight is 454 g/mol. The molecule has 33 heavy (non-hydrogen) atoms. The number of benzene rings is 3. The van der Waals surface area contributed by atoms with Gasteiger partial charge in [0, 0.05) is 22.8 Å². The lowest BCUT2D eigenvalue weighted by atomic mass is 9.98.